The number of ether oxygens (including phenoxy) is 3. The topological polar surface area (TPSA) is 110 Å². The number of carbonyl (C=O) groups excluding carboxylic acids is 2. The highest BCUT2D eigenvalue weighted by atomic mass is 16.6. The summed E-state index contributed by atoms with van der Waals surface area (Å²) in [7, 11) is 0. The zero-order valence-corrected chi connectivity index (χ0v) is 16.9. The third-order valence-corrected chi connectivity index (χ3v) is 2.84. The van der Waals surface area contributed by atoms with E-state index < -0.39 is 29.3 Å². The number of nitrogens with one attached hydrogen (secondary N) is 3. The fourth-order valence-electron chi connectivity index (χ4n) is 1.86. The molecule has 0 fully saturated rings. The molecule has 152 valence electrons. The summed E-state index contributed by atoms with van der Waals surface area (Å²) in [5.74, 6) is -0.481. The van der Waals surface area contributed by atoms with Gasteiger partial charge in [-0.1, -0.05) is 0 Å². The molecule has 26 heavy (non-hydrogen) atoms. The second-order valence-electron chi connectivity index (χ2n) is 7.92. The molecule has 0 heterocycles. The van der Waals surface area contributed by atoms with Crippen LogP contribution in [0.1, 0.15) is 60.8 Å². The van der Waals surface area contributed by atoms with E-state index in [1.54, 1.807) is 41.5 Å². The molecule has 0 unspecified atom stereocenters. The van der Waals surface area contributed by atoms with E-state index in [2.05, 4.69) is 10.6 Å². The minimum atomic E-state index is -0.773. The molecule has 1 amide bonds. The van der Waals surface area contributed by atoms with E-state index in [0.717, 1.165) is 0 Å². The van der Waals surface area contributed by atoms with Gasteiger partial charge in [0.15, 0.2) is 0 Å². The van der Waals surface area contributed by atoms with Crippen LogP contribution in [0.15, 0.2) is 0 Å². The maximum atomic E-state index is 12.3. The number of carbonyl (C=O) groups is 2. The Morgan fingerprint density at radius 2 is 1.69 bits per heavy atom. The molecule has 0 aliphatic carbocycles. The lowest BCUT2D eigenvalue weighted by Gasteiger charge is -2.26. The molecular weight excluding hydrogens is 338 g/mol. The monoisotopic (exact) mass is 373 g/mol. The van der Waals surface area contributed by atoms with Gasteiger partial charge in [0.05, 0.1) is 13.3 Å². The number of alkyl carbamates (subject to hydrolysis) is 1. The number of amides is 1. The molecule has 0 aliphatic rings. The van der Waals surface area contributed by atoms with Crippen molar-refractivity contribution < 1.29 is 23.8 Å². The Balaban J connectivity index is 4.43. The van der Waals surface area contributed by atoms with Crippen molar-refractivity contribution >= 4 is 18.3 Å². The predicted molar refractivity (Wildman–Crippen MR) is 100 cm³/mol. The second kappa shape index (κ2) is 11.9. The smallest absolute Gasteiger partial charge is 0.408 e. The molecular formula is C18H35N3O5. The van der Waals surface area contributed by atoms with Crippen molar-refractivity contribution in [3.63, 3.8) is 0 Å². The number of hydrogen-bond acceptors (Lipinski definition) is 7. The van der Waals surface area contributed by atoms with Crippen LogP contribution in [0.2, 0.25) is 0 Å². The van der Waals surface area contributed by atoms with Crippen LogP contribution in [0.4, 0.5) is 4.79 Å². The lowest BCUT2D eigenvalue weighted by molar-refractivity contribution is -0.157. The van der Waals surface area contributed by atoms with E-state index in [1.165, 1.54) is 6.21 Å². The fraction of sp³-hybridized carbons (Fsp3) is 0.833. The van der Waals surface area contributed by atoms with E-state index in [1.807, 2.05) is 0 Å². The zero-order valence-electron chi connectivity index (χ0n) is 16.9. The molecule has 0 saturated carbocycles. The fourth-order valence-corrected chi connectivity index (χ4v) is 1.86. The molecule has 8 nitrogen and oxygen atoms in total. The Morgan fingerprint density at radius 1 is 1.08 bits per heavy atom. The highest BCUT2D eigenvalue weighted by molar-refractivity contribution is 5.81. The second-order valence-corrected chi connectivity index (χ2v) is 7.92. The standard InChI is InChI=1S/C18H35N3O5/c1-17(2,3)25-15(22)14(21-16(23)26-18(4,5)6)9-7-11-20-13-24-12-8-10-19/h10,14,19-20H,7-9,11-13H2,1-6H3,(H,21,23)/t14-/m0/s1. The summed E-state index contributed by atoms with van der Waals surface area (Å²) >= 11 is 0. The molecule has 0 radical (unpaired) electrons. The van der Waals surface area contributed by atoms with Crippen molar-refractivity contribution in [3.05, 3.63) is 0 Å². The van der Waals surface area contributed by atoms with Gasteiger partial charge in [-0.2, -0.15) is 0 Å². The third-order valence-electron chi connectivity index (χ3n) is 2.84. The van der Waals surface area contributed by atoms with E-state index in [0.29, 0.717) is 39.1 Å². The van der Waals surface area contributed by atoms with E-state index in [4.69, 9.17) is 19.6 Å². The van der Waals surface area contributed by atoms with Gasteiger partial charge in [0.25, 0.3) is 0 Å². The van der Waals surface area contributed by atoms with Gasteiger partial charge >= 0.3 is 12.1 Å². The molecule has 0 spiro atoms. The molecule has 1 atom stereocenters. The highest BCUT2D eigenvalue weighted by Gasteiger charge is 2.28. The summed E-state index contributed by atoms with van der Waals surface area (Å²) in [6.07, 6.45) is 2.31. The largest absolute Gasteiger partial charge is 0.458 e. The van der Waals surface area contributed by atoms with Crippen molar-refractivity contribution in [2.24, 2.45) is 0 Å². The number of esters is 1. The van der Waals surface area contributed by atoms with Gasteiger partial charge in [0.2, 0.25) is 0 Å². The average Bonchev–Trinajstić information content (AvgIpc) is 2.45. The molecule has 0 aliphatic heterocycles. The minimum absolute atomic E-state index is 0.379. The Morgan fingerprint density at radius 3 is 2.23 bits per heavy atom. The Labute approximate surface area is 156 Å². The van der Waals surface area contributed by atoms with Crippen LogP contribution in [0, 0.1) is 5.41 Å². The molecule has 3 N–H and O–H groups in total. The van der Waals surface area contributed by atoms with Gasteiger partial charge < -0.3 is 24.9 Å². The number of rotatable bonds is 11. The summed E-state index contributed by atoms with van der Waals surface area (Å²) in [5.41, 5.74) is -1.27. The Kier molecular flexibility index (Phi) is 11.1. The first kappa shape index (κ1) is 24.3. The van der Waals surface area contributed by atoms with Crippen LogP contribution in [0.5, 0.6) is 0 Å². The predicted octanol–water partition coefficient (Wildman–Crippen LogP) is 2.60. The van der Waals surface area contributed by atoms with E-state index >= 15 is 0 Å². The molecule has 0 bridgehead atoms. The van der Waals surface area contributed by atoms with Crippen LogP contribution in [-0.2, 0) is 19.0 Å². The van der Waals surface area contributed by atoms with Crippen LogP contribution in [0.3, 0.4) is 0 Å². The maximum absolute atomic E-state index is 12.3. The summed E-state index contributed by atoms with van der Waals surface area (Å²) in [5, 5.41) is 12.6. The van der Waals surface area contributed by atoms with Crippen LogP contribution >= 0.6 is 0 Å². The maximum Gasteiger partial charge on any atom is 0.408 e. The summed E-state index contributed by atoms with van der Waals surface area (Å²) in [6.45, 7) is 12.1. The van der Waals surface area contributed by atoms with Crippen LogP contribution in [0.25, 0.3) is 0 Å². The van der Waals surface area contributed by atoms with E-state index in [-0.39, 0.29) is 0 Å². The first-order valence-corrected chi connectivity index (χ1v) is 8.94. The molecule has 0 aromatic heterocycles. The quantitative estimate of drug-likeness (QED) is 0.222. The summed E-state index contributed by atoms with van der Waals surface area (Å²) in [6, 6.07) is -0.773. The van der Waals surface area contributed by atoms with Crippen molar-refractivity contribution in [1.29, 1.82) is 5.41 Å². The Bertz CT molecular complexity index is 441. The van der Waals surface area contributed by atoms with Gasteiger partial charge in [0.1, 0.15) is 17.2 Å². The van der Waals surface area contributed by atoms with Crippen molar-refractivity contribution in [1.82, 2.24) is 10.6 Å². The molecule has 0 aromatic rings. The number of hydrogen-bond donors (Lipinski definition) is 3. The first-order chi connectivity index (χ1) is 11.9. The van der Waals surface area contributed by atoms with Gasteiger partial charge in [-0.05, 0) is 67.1 Å². The van der Waals surface area contributed by atoms with Gasteiger partial charge in [-0.3, -0.25) is 5.32 Å². The minimum Gasteiger partial charge on any atom is -0.458 e. The zero-order chi connectivity index (χ0) is 20.2. The van der Waals surface area contributed by atoms with Crippen molar-refractivity contribution in [2.45, 2.75) is 78.0 Å². The normalized spacial score (nSPS) is 13.0. The van der Waals surface area contributed by atoms with Crippen LogP contribution < -0.4 is 10.6 Å². The van der Waals surface area contributed by atoms with Gasteiger partial charge in [-0.15, -0.1) is 0 Å². The SMILES string of the molecule is CC(C)(C)OC(=O)N[C@@H](CCCNCOCCC=N)C(=O)OC(C)(C)C. The third kappa shape index (κ3) is 14.7. The Hall–Kier alpha value is -1.67. The molecule has 8 heteroatoms. The van der Waals surface area contributed by atoms with Crippen LogP contribution in [-0.4, -0.2) is 55.4 Å². The lowest BCUT2D eigenvalue weighted by atomic mass is 10.1. The van der Waals surface area contributed by atoms with Gasteiger partial charge in [0, 0.05) is 6.42 Å². The first-order valence-electron chi connectivity index (χ1n) is 8.94. The highest BCUT2D eigenvalue weighted by Crippen LogP contribution is 2.12. The van der Waals surface area contributed by atoms with Crippen molar-refractivity contribution in [3.8, 4) is 0 Å². The lowest BCUT2D eigenvalue weighted by Crippen LogP contribution is -2.46. The molecule has 0 rings (SSSR count). The van der Waals surface area contributed by atoms with Gasteiger partial charge in [-0.25, -0.2) is 9.59 Å². The molecule has 0 saturated heterocycles. The van der Waals surface area contributed by atoms with Crippen molar-refractivity contribution in [2.75, 3.05) is 19.9 Å². The molecule has 0 aromatic carbocycles. The van der Waals surface area contributed by atoms with E-state index in [9.17, 15) is 9.59 Å². The summed E-state index contributed by atoms with van der Waals surface area (Å²) < 4.78 is 15.9. The summed E-state index contributed by atoms with van der Waals surface area (Å²) in [4.78, 5) is 24.3. The average molecular weight is 373 g/mol.